The third-order valence-electron chi connectivity index (χ3n) is 3.11. The van der Waals surface area contributed by atoms with E-state index in [1.54, 1.807) is 7.05 Å². The van der Waals surface area contributed by atoms with Crippen LogP contribution >= 0.6 is 12.2 Å². The van der Waals surface area contributed by atoms with Crippen LogP contribution in [0.25, 0.3) is 0 Å². The number of anilines is 1. The molecule has 0 aromatic heterocycles. The summed E-state index contributed by atoms with van der Waals surface area (Å²) in [6, 6.07) is 3.01. The number of thiocarbonyl (C=S) groups is 1. The Morgan fingerprint density at radius 1 is 1.43 bits per heavy atom. The lowest BCUT2D eigenvalue weighted by atomic mass is 10.0. The van der Waals surface area contributed by atoms with E-state index in [-0.39, 0.29) is 16.8 Å². The minimum atomic E-state index is -0.420. The normalized spacial score (nSPS) is 10.0. The van der Waals surface area contributed by atoms with E-state index < -0.39 is 4.92 Å². The summed E-state index contributed by atoms with van der Waals surface area (Å²) in [6.45, 7) is 3.78. The number of nitrogens with zero attached hydrogens (tertiary/aromatic N) is 2. The predicted molar refractivity (Wildman–Crippen MR) is 87.9 cm³/mol. The molecule has 0 saturated heterocycles. The molecule has 0 aliphatic carbocycles. The van der Waals surface area contributed by atoms with Crippen molar-refractivity contribution in [1.29, 1.82) is 5.41 Å². The molecule has 0 atom stereocenters. The van der Waals surface area contributed by atoms with Crippen molar-refractivity contribution >= 4 is 34.7 Å². The molecule has 0 heterocycles. The van der Waals surface area contributed by atoms with Crippen molar-refractivity contribution in [3.05, 3.63) is 33.4 Å². The first-order chi connectivity index (χ1) is 9.87. The van der Waals surface area contributed by atoms with Crippen molar-refractivity contribution in [2.24, 2.45) is 5.73 Å². The number of nitrogens with one attached hydrogen (secondary N) is 2. The number of aryl methyl sites for hydroxylation is 2. The molecule has 0 radical (unpaired) electrons. The number of non-ortho nitro benzene ring substituents is 1. The fraction of sp³-hybridized carbons (Fsp3) is 0.385. The molecule has 0 saturated carbocycles. The van der Waals surface area contributed by atoms with Gasteiger partial charge in [0, 0.05) is 19.2 Å². The highest BCUT2D eigenvalue weighted by molar-refractivity contribution is 7.80. The van der Waals surface area contributed by atoms with E-state index in [0.29, 0.717) is 18.5 Å². The molecule has 21 heavy (non-hydrogen) atoms. The third-order valence-corrected chi connectivity index (χ3v) is 3.49. The summed E-state index contributed by atoms with van der Waals surface area (Å²) in [4.78, 5) is 12.0. The molecule has 1 aromatic carbocycles. The predicted octanol–water partition coefficient (Wildman–Crippen LogP) is 1.92. The van der Waals surface area contributed by atoms with Gasteiger partial charge in [-0.05, 0) is 36.2 Å². The Bertz CT molecular complexity index is 563. The van der Waals surface area contributed by atoms with Crippen LogP contribution in [0.5, 0.6) is 0 Å². The second-order valence-corrected chi connectivity index (χ2v) is 4.74. The van der Waals surface area contributed by atoms with Crippen LogP contribution in [0.2, 0.25) is 0 Å². The van der Waals surface area contributed by atoms with Crippen LogP contribution in [0.15, 0.2) is 12.1 Å². The van der Waals surface area contributed by atoms with Crippen LogP contribution in [0.4, 0.5) is 11.4 Å². The highest BCUT2D eigenvalue weighted by Crippen LogP contribution is 2.31. The Morgan fingerprint density at radius 3 is 2.19 bits per heavy atom. The third kappa shape index (κ3) is 3.46. The van der Waals surface area contributed by atoms with Gasteiger partial charge in [0.05, 0.1) is 10.6 Å². The standard InChI is InChI=1S/C13H19N5O2S/c1-4-8-6-10(18(19)20)7-9(5-2)11(8)17(12(14)15)13(21)16-3/h6-7H,4-5H2,1-3H3,(H3,14,15)(H,16,21). The van der Waals surface area contributed by atoms with Crippen molar-refractivity contribution in [2.75, 3.05) is 11.9 Å². The maximum Gasteiger partial charge on any atom is 0.270 e. The van der Waals surface area contributed by atoms with Crippen LogP contribution < -0.4 is 16.0 Å². The maximum absolute atomic E-state index is 11.0. The minimum Gasteiger partial charge on any atom is -0.369 e. The van der Waals surface area contributed by atoms with Gasteiger partial charge in [0.2, 0.25) is 0 Å². The number of nitro groups is 1. The van der Waals surface area contributed by atoms with Gasteiger partial charge in [0.25, 0.3) is 5.69 Å². The zero-order valence-corrected chi connectivity index (χ0v) is 13.1. The van der Waals surface area contributed by atoms with E-state index in [4.69, 9.17) is 23.4 Å². The molecule has 0 bridgehead atoms. The van der Waals surface area contributed by atoms with Gasteiger partial charge >= 0.3 is 0 Å². The molecule has 0 aliphatic heterocycles. The van der Waals surface area contributed by atoms with E-state index in [9.17, 15) is 10.1 Å². The van der Waals surface area contributed by atoms with Gasteiger partial charge in [0.1, 0.15) is 0 Å². The molecule has 0 amide bonds. The Kier molecular flexibility index (Phi) is 5.60. The lowest BCUT2D eigenvalue weighted by Gasteiger charge is -2.27. The van der Waals surface area contributed by atoms with E-state index in [1.807, 2.05) is 13.8 Å². The van der Waals surface area contributed by atoms with Gasteiger partial charge in [0.15, 0.2) is 11.1 Å². The summed E-state index contributed by atoms with van der Waals surface area (Å²) in [5.74, 6) is -0.229. The van der Waals surface area contributed by atoms with Crippen molar-refractivity contribution in [1.82, 2.24) is 5.32 Å². The van der Waals surface area contributed by atoms with E-state index in [1.165, 1.54) is 17.0 Å². The fourth-order valence-electron chi connectivity index (χ4n) is 2.12. The Labute approximate surface area is 128 Å². The highest BCUT2D eigenvalue weighted by Gasteiger charge is 2.23. The summed E-state index contributed by atoms with van der Waals surface area (Å²) in [7, 11) is 1.64. The lowest BCUT2D eigenvalue weighted by molar-refractivity contribution is -0.385. The first kappa shape index (κ1) is 16.8. The molecule has 4 N–H and O–H groups in total. The number of nitro benzene ring substituents is 1. The summed E-state index contributed by atoms with van der Waals surface area (Å²) in [6.07, 6.45) is 1.14. The molecule has 1 rings (SSSR count). The van der Waals surface area contributed by atoms with Crippen LogP contribution in [-0.4, -0.2) is 23.0 Å². The zero-order chi connectivity index (χ0) is 16.2. The summed E-state index contributed by atoms with van der Waals surface area (Å²) < 4.78 is 0. The van der Waals surface area contributed by atoms with Crippen molar-refractivity contribution in [2.45, 2.75) is 26.7 Å². The Balaban J connectivity index is 3.62. The molecule has 0 unspecified atom stereocenters. The van der Waals surface area contributed by atoms with Crippen molar-refractivity contribution < 1.29 is 4.92 Å². The Hall–Kier alpha value is -2.22. The van der Waals surface area contributed by atoms with E-state index in [2.05, 4.69) is 5.32 Å². The Morgan fingerprint density at radius 2 is 1.90 bits per heavy atom. The van der Waals surface area contributed by atoms with E-state index in [0.717, 1.165) is 11.1 Å². The second kappa shape index (κ2) is 6.98. The first-order valence-electron chi connectivity index (χ1n) is 6.53. The van der Waals surface area contributed by atoms with Crippen LogP contribution in [0.3, 0.4) is 0 Å². The number of nitrogens with two attached hydrogens (primary N) is 1. The fourth-order valence-corrected chi connectivity index (χ4v) is 2.31. The average molecular weight is 309 g/mol. The minimum absolute atomic E-state index is 0.0336. The van der Waals surface area contributed by atoms with Crippen LogP contribution in [0, 0.1) is 15.5 Å². The molecule has 1 aromatic rings. The highest BCUT2D eigenvalue weighted by atomic mass is 32.1. The molecule has 114 valence electrons. The molecular weight excluding hydrogens is 290 g/mol. The van der Waals surface area contributed by atoms with Crippen LogP contribution in [-0.2, 0) is 12.8 Å². The SMILES string of the molecule is CCc1cc([N+](=O)[O-])cc(CC)c1N(C(=N)N)C(=S)NC. The maximum atomic E-state index is 11.0. The smallest absolute Gasteiger partial charge is 0.270 e. The monoisotopic (exact) mass is 309 g/mol. The number of guanidine groups is 1. The summed E-state index contributed by atoms with van der Waals surface area (Å²) in [5.41, 5.74) is 7.78. The molecule has 8 heteroatoms. The largest absolute Gasteiger partial charge is 0.369 e. The number of hydrogen-bond donors (Lipinski definition) is 3. The van der Waals surface area contributed by atoms with Gasteiger partial charge in [-0.1, -0.05) is 13.8 Å². The van der Waals surface area contributed by atoms with Gasteiger partial charge in [-0.2, -0.15) is 0 Å². The first-order valence-corrected chi connectivity index (χ1v) is 6.94. The topological polar surface area (TPSA) is 108 Å². The van der Waals surface area contributed by atoms with Gasteiger partial charge < -0.3 is 11.1 Å². The second-order valence-electron chi connectivity index (χ2n) is 4.35. The zero-order valence-electron chi connectivity index (χ0n) is 12.3. The van der Waals surface area contributed by atoms with Crippen LogP contribution in [0.1, 0.15) is 25.0 Å². The van der Waals surface area contributed by atoms with Gasteiger partial charge in [-0.15, -0.1) is 0 Å². The van der Waals surface area contributed by atoms with E-state index >= 15 is 0 Å². The average Bonchev–Trinajstić information content (AvgIpc) is 2.46. The quantitative estimate of drug-likeness (QED) is 0.258. The van der Waals surface area contributed by atoms with Gasteiger partial charge in [-0.25, -0.2) is 0 Å². The van der Waals surface area contributed by atoms with Crippen molar-refractivity contribution in [3.8, 4) is 0 Å². The van der Waals surface area contributed by atoms with Crippen molar-refractivity contribution in [3.63, 3.8) is 0 Å². The van der Waals surface area contributed by atoms with Gasteiger partial charge in [-0.3, -0.25) is 20.4 Å². The molecular formula is C13H19N5O2S. The molecule has 0 fully saturated rings. The number of rotatable bonds is 4. The number of benzene rings is 1. The molecule has 0 spiro atoms. The lowest BCUT2D eigenvalue weighted by Crippen LogP contribution is -2.46. The molecule has 7 nitrogen and oxygen atoms in total. The molecule has 0 aliphatic rings. The summed E-state index contributed by atoms with van der Waals surface area (Å²) >= 11 is 5.19. The summed E-state index contributed by atoms with van der Waals surface area (Å²) in [5, 5.41) is 21.8. The number of hydrogen-bond acceptors (Lipinski definition) is 4.